The summed E-state index contributed by atoms with van der Waals surface area (Å²) in [6.07, 6.45) is -0.460. The molecule has 0 N–H and O–H groups in total. The first-order chi connectivity index (χ1) is 5.72. The van der Waals surface area contributed by atoms with Crippen LogP contribution in [0.1, 0.15) is 6.92 Å². The monoisotopic (exact) mass is 286 g/mol. The number of hydrogen-bond donors (Lipinski definition) is 0. The maximum absolute atomic E-state index is 5.49. The van der Waals surface area contributed by atoms with E-state index in [1.165, 1.54) is 0 Å². The highest BCUT2D eigenvalue weighted by atomic mass is 127. The highest BCUT2D eigenvalue weighted by molar-refractivity contribution is 14.1. The third-order valence-electron chi connectivity index (χ3n) is 2.04. The summed E-state index contributed by atoms with van der Waals surface area (Å²) < 4.78 is 21.6. The Kier molecular flexibility index (Phi) is 2.57. The van der Waals surface area contributed by atoms with Gasteiger partial charge in [-0.3, -0.25) is 0 Å². The van der Waals surface area contributed by atoms with Gasteiger partial charge in [0.1, 0.15) is 16.3 Å². The van der Waals surface area contributed by atoms with E-state index in [2.05, 4.69) is 22.6 Å². The van der Waals surface area contributed by atoms with Crippen LogP contribution in [0.5, 0.6) is 0 Å². The number of hydrogen-bond acceptors (Lipinski definition) is 4. The van der Waals surface area contributed by atoms with E-state index in [9.17, 15) is 0 Å². The van der Waals surface area contributed by atoms with Crippen LogP contribution >= 0.6 is 22.6 Å². The van der Waals surface area contributed by atoms with Gasteiger partial charge >= 0.3 is 0 Å². The molecule has 0 aromatic rings. The molecule has 2 rings (SSSR count). The molecular formula is C7H11IO4. The van der Waals surface area contributed by atoms with E-state index >= 15 is 0 Å². The van der Waals surface area contributed by atoms with Crippen molar-refractivity contribution < 1.29 is 18.9 Å². The minimum atomic E-state index is -0.276. The Morgan fingerprint density at radius 3 is 2.50 bits per heavy atom. The van der Waals surface area contributed by atoms with E-state index in [-0.39, 0.29) is 28.9 Å². The Hall–Kier alpha value is 0.570. The van der Waals surface area contributed by atoms with E-state index in [4.69, 9.17) is 18.9 Å². The fourth-order valence-corrected chi connectivity index (χ4v) is 2.40. The van der Waals surface area contributed by atoms with Crippen LogP contribution < -0.4 is 0 Å². The summed E-state index contributed by atoms with van der Waals surface area (Å²) in [5, 5.41) is 0. The summed E-state index contributed by atoms with van der Waals surface area (Å²) >= 11 is 2.19. The number of halogens is 1. The molecule has 0 saturated carbocycles. The van der Waals surface area contributed by atoms with Crippen molar-refractivity contribution in [3.63, 3.8) is 0 Å². The molecule has 0 spiro atoms. The van der Waals surface area contributed by atoms with Gasteiger partial charge in [0.25, 0.3) is 0 Å². The van der Waals surface area contributed by atoms with Crippen LogP contribution in [0.3, 0.4) is 0 Å². The van der Waals surface area contributed by atoms with Crippen LogP contribution in [0.2, 0.25) is 0 Å². The SMILES string of the molecule is CO[C@@H]1O[C@H](I)[C@H]2OC(C)O[C@@H]12. The summed E-state index contributed by atoms with van der Waals surface area (Å²) in [5.74, 6) is 0. The minimum absolute atomic E-state index is 0.0190. The Morgan fingerprint density at radius 1 is 1.17 bits per heavy atom. The Labute approximate surface area is 84.6 Å². The molecule has 0 aromatic heterocycles. The third kappa shape index (κ3) is 1.37. The molecule has 0 radical (unpaired) electrons. The van der Waals surface area contributed by atoms with Crippen molar-refractivity contribution in [3.8, 4) is 0 Å². The second kappa shape index (κ2) is 3.38. The fourth-order valence-electron chi connectivity index (χ4n) is 1.53. The molecule has 2 saturated heterocycles. The Morgan fingerprint density at radius 2 is 1.83 bits per heavy atom. The predicted octanol–water partition coefficient (Wildman–Crippen LogP) is 0.880. The summed E-state index contributed by atoms with van der Waals surface area (Å²) in [7, 11) is 1.61. The van der Waals surface area contributed by atoms with Crippen molar-refractivity contribution >= 4 is 22.6 Å². The lowest BCUT2D eigenvalue weighted by Gasteiger charge is -2.14. The molecule has 0 amide bonds. The lowest BCUT2D eigenvalue weighted by Crippen LogP contribution is -2.29. The summed E-state index contributed by atoms with van der Waals surface area (Å²) in [5.41, 5.74) is 0. The lowest BCUT2D eigenvalue weighted by atomic mass is 10.2. The van der Waals surface area contributed by atoms with Gasteiger partial charge in [-0.25, -0.2) is 0 Å². The highest BCUT2D eigenvalue weighted by Crippen LogP contribution is 2.36. The van der Waals surface area contributed by atoms with Crippen LogP contribution in [0.15, 0.2) is 0 Å². The minimum Gasteiger partial charge on any atom is -0.353 e. The Bertz CT molecular complexity index is 177. The number of methoxy groups -OCH3 is 1. The third-order valence-corrected chi connectivity index (χ3v) is 3.05. The average Bonchev–Trinajstić information content (AvgIpc) is 2.52. The first-order valence-electron chi connectivity index (χ1n) is 3.85. The van der Waals surface area contributed by atoms with Gasteiger partial charge in [0, 0.05) is 7.11 Å². The standard InChI is InChI=1S/C7H11IO4/c1-3-10-4-5(11-3)7(9-2)12-6(4)8/h3-7H,1-2H3/t3?,4-,5+,6-,7+/m0/s1. The molecule has 5 atom stereocenters. The quantitative estimate of drug-likeness (QED) is 0.530. The topological polar surface area (TPSA) is 36.9 Å². The second-order valence-corrected chi connectivity index (χ2v) is 4.09. The van der Waals surface area contributed by atoms with Crippen molar-refractivity contribution in [1.82, 2.24) is 0 Å². The molecular weight excluding hydrogens is 275 g/mol. The number of fused-ring (bicyclic) bond motifs is 1. The maximum atomic E-state index is 5.49. The van der Waals surface area contributed by atoms with E-state index < -0.39 is 0 Å². The molecule has 0 aliphatic carbocycles. The second-order valence-electron chi connectivity index (χ2n) is 2.86. The molecule has 0 bridgehead atoms. The van der Waals surface area contributed by atoms with Crippen LogP contribution in [0, 0.1) is 0 Å². The summed E-state index contributed by atoms with van der Waals surface area (Å²) in [6.45, 7) is 1.88. The molecule has 0 aromatic carbocycles. The van der Waals surface area contributed by atoms with E-state index in [1.807, 2.05) is 6.92 Å². The van der Waals surface area contributed by atoms with Crippen LogP contribution in [-0.4, -0.2) is 36.0 Å². The van der Waals surface area contributed by atoms with Crippen molar-refractivity contribution in [3.05, 3.63) is 0 Å². The molecule has 1 unspecified atom stereocenters. The summed E-state index contributed by atoms with van der Waals surface area (Å²) in [4.78, 5) is 0. The zero-order chi connectivity index (χ0) is 8.72. The predicted molar refractivity (Wildman–Crippen MR) is 48.9 cm³/mol. The number of ether oxygens (including phenoxy) is 4. The van der Waals surface area contributed by atoms with Gasteiger partial charge in [0.2, 0.25) is 0 Å². The highest BCUT2D eigenvalue weighted by Gasteiger charge is 2.51. The zero-order valence-electron chi connectivity index (χ0n) is 6.90. The van der Waals surface area contributed by atoms with Gasteiger partial charge in [0.15, 0.2) is 12.6 Å². The maximum Gasteiger partial charge on any atom is 0.187 e. The molecule has 70 valence electrons. The molecule has 2 aliphatic rings. The summed E-state index contributed by atoms with van der Waals surface area (Å²) in [6, 6.07) is 0. The van der Waals surface area contributed by atoms with Crippen LogP contribution in [0.4, 0.5) is 0 Å². The molecule has 2 heterocycles. The van der Waals surface area contributed by atoms with E-state index in [0.717, 1.165) is 0 Å². The number of rotatable bonds is 1. The van der Waals surface area contributed by atoms with Gasteiger partial charge in [0.05, 0.1) is 0 Å². The molecule has 5 heteroatoms. The van der Waals surface area contributed by atoms with Gasteiger partial charge in [-0.1, -0.05) is 0 Å². The fraction of sp³-hybridized carbons (Fsp3) is 1.00. The van der Waals surface area contributed by atoms with Crippen molar-refractivity contribution in [2.45, 2.75) is 35.8 Å². The van der Waals surface area contributed by atoms with Gasteiger partial charge in [-0.15, -0.1) is 0 Å². The molecule has 2 fully saturated rings. The van der Waals surface area contributed by atoms with Crippen LogP contribution in [-0.2, 0) is 18.9 Å². The molecule has 4 nitrogen and oxygen atoms in total. The van der Waals surface area contributed by atoms with Crippen molar-refractivity contribution in [2.75, 3.05) is 7.11 Å². The van der Waals surface area contributed by atoms with E-state index in [0.29, 0.717) is 0 Å². The first-order valence-corrected chi connectivity index (χ1v) is 5.10. The number of alkyl halides is 1. The first kappa shape index (κ1) is 9.14. The average molecular weight is 286 g/mol. The van der Waals surface area contributed by atoms with Gasteiger partial charge < -0.3 is 18.9 Å². The van der Waals surface area contributed by atoms with E-state index in [1.54, 1.807) is 7.11 Å². The smallest absolute Gasteiger partial charge is 0.187 e. The van der Waals surface area contributed by atoms with Crippen molar-refractivity contribution in [1.29, 1.82) is 0 Å². The van der Waals surface area contributed by atoms with Crippen molar-refractivity contribution in [2.24, 2.45) is 0 Å². The van der Waals surface area contributed by atoms with Gasteiger partial charge in [-0.2, -0.15) is 0 Å². The zero-order valence-corrected chi connectivity index (χ0v) is 9.06. The lowest BCUT2D eigenvalue weighted by molar-refractivity contribution is -0.175. The Balaban J connectivity index is 2.08. The normalized spacial score (nSPS) is 52.8. The van der Waals surface area contributed by atoms with Crippen LogP contribution in [0.25, 0.3) is 0 Å². The molecule has 2 aliphatic heterocycles. The van der Waals surface area contributed by atoms with Gasteiger partial charge in [-0.05, 0) is 29.5 Å². The molecule has 12 heavy (non-hydrogen) atoms. The largest absolute Gasteiger partial charge is 0.353 e.